The fraction of sp³-hybridized carbons (Fsp3) is 0.579. The molecule has 1 aliphatic carbocycles. The molecule has 1 aromatic rings. The van der Waals surface area contributed by atoms with E-state index in [2.05, 4.69) is 11.4 Å². The molecule has 1 aliphatic heterocycles. The van der Waals surface area contributed by atoms with Gasteiger partial charge in [0, 0.05) is 6.42 Å². The van der Waals surface area contributed by atoms with Gasteiger partial charge in [-0.25, -0.2) is 4.39 Å². The van der Waals surface area contributed by atoms with Gasteiger partial charge in [-0.15, -0.1) is 0 Å². The van der Waals surface area contributed by atoms with Gasteiger partial charge in [0.2, 0.25) is 0 Å². The lowest BCUT2D eigenvalue weighted by Crippen LogP contribution is -2.51. The highest BCUT2D eigenvalue weighted by Crippen LogP contribution is 2.37. The van der Waals surface area contributed by atoms with Crippen LogP contribution in [-0.4, -0.2) is 25.2 Å². The molecule has 0 radical (unpaired) electrons. The molecule has 0 spiro atoms. The molecular formula is C19H23FN2O2. The Balaban J connectivity index is 1.59. The molecule has 2 fully saturated rings. The number of rotatable bonds is 6. The van der Waals surface area contributed by atoms with Crippen molar-refractivity contribution in [1.29, 1.82) is 5.26 Å². The van der Waals surface area contributed by atoms with E-state index in [9.17, 15) is 9.18 Å². The lowest BCUT2D eigenvalue weighted by atomic mass is 9.85. The van der Waals surface area contributed by atoms with E-state index >= 15 is 0 Å². The topological polar surface area (TPSA) is 62.1 Å². The van der Waals surface area contributed by atoms with E-state index in [0.717, 1.165) is 37.7 Å². The molecule has 1 saturated carbocycles. The Morgan fingerprint density at radius 1 is 1.46 bits per heavy atom. The normalized spacial score (nSPS) is 24.8. The Morgan fingerprint density at radius 3 is 2.83 bits per heavy atom. The summed E-state index contributed by atoms with van der Waals surface area (Å²) in [5.41, 5.74) is 0.785. The Labute approximate surface area is 142 Å². The molecule has 1 saturated heterocycles. The summed E-state index contributed by atoms with van der Waals surface area (Å²) in [6.45, 7) is 0.847. The van der Waals surface area contributed by atoms with Crippen molar-refractivity contribution in [3.05, 3.63) is 35.4 Å². The summed E-state index contributed by atoms with van der Waals surface area (Å²) >= 11 is 0. The largest absolute Gasteiger partial charge is 0.368 e. The molecule has 2 atom stereocenters. The van der Waals surface area contributed by atoms with E-state index in [-0.39, 0.29) is 6.54 Å². The lowest BCUT2D eigenvalue weighted by Gasteiger charge is -2.42. The van der Waals surface area contributed by atoms with Crippen LogP contribution in [0.25, 0.3) is 0 Å². The highest BCUT2D eigenvalue weighted by atomic mass is 19.1. The number of carbonyl (C=O) groups excluding carboxylic acids is 1. The van der Waals surface area contributed by atoms with E-state index < -0.39 is 17.7 Å². The number of hydrogen-bond acceptors (Lipinski definition) is 3. The number of alkyl halides is 1. The Kier molecular flexibility index (Phi) is 5.15. The molecule has 1 aromatic carbocycles. The molecule has 24 heavy (non-hydrogen) atoms. The number of nitrogens with one attached hydrogen (secondary N) is 1. The molecule has 2 aliphatic rings. The lowest BCUT2D eigenvalue weighted by molar-refractivity contribution is -0.156. The van der Waals surface area contributed by atoms with Gasteiger partial charge < -0.3 is 10.1 Å². The fourth-order valence-electron chi connectivity index (χ4n) is 3.68. The van der Waals surface area contributed by atoms with Crippen molar-refractivity contribution in [2.75, 3.05) is 13.2 Å². The minimum absolute atomic E-state index is 0.242. The van der Waals surface area contributed by atoms with Gasteiger partial charge in [0.15, 0.2) is 6.17 Å². The first-order valence-electron chi connectivity index (χ1n) is 8.69. The van der Waals surface area contributed by atoms with Crippen molar-refractivity contribution in [2.45, 2.75) is 50.3 Å². The SMILES string of the molecule is N#Cc1cccc([C@]2(CNC(=O)C(F)CC3CCCC3)CCO2)c1. The summed E-state index contributed by atoms with van der Waals surface area (Å²) < 4.78 is 19.9. The van der Waals surface area contributed by atoms with Gasteiger partial charge in [-0.2, -0.15) is 5.26 Å². The maximum atomic E-state index is 14.2. The second kappa shape index (κ2) is 7.31. The maximum Gasteiger partial charge on any atom is 0.254 e. The predicted octanol–water partition coefficient (Wildman–Crippen LogP) is 3.21. The average molecular weight is 330 g/mol. The molecule has 128 valence electrons. The zero-order valence-electron chi connectivity index (χ0n) is 13.8. The molecule has 1 heterocycles. The Hall–Kier alpha value is -1.93. The fourth-order valence-corrected chi connectivity index (χ4v) is 3.68. The monoisotopic (exact) mass is 330 g/mol. The van der Waals surface area contributed by atoms with Crippen LogP contribution in [0.3, 0.4) is 0 Å². The molecule has 1 N–H and O–H groups in total. The number of hydrogen-bond donors (Lipinski definition) is 1. The van der Waals surface area contributed by atoms with E-state index in [1.807, 2.05) is 6.07 Å². The number of amides is 1. The highest BCUT2D eigenvalue weighted by Gasteiger charge is 2.41. The minimum Gasteiger partial charge on any atom is -0.368 e. The van der Waals surface area contributed by atoms with Crippen LogP contribution in [0.2, 0.25) is 0 Å². The van der Waals surface area contributed by atoms with E-state index in [4.69, 9.17) is 10.00 Å². The summed E-state index contributed by atoms with van der Waals surface area (Å²) in [5, 5.41) is 11.7. The molecule has 1 unspecified atom stereocenters. The number of nitriles is 1. The number of benzene rings is 1. The first kappa shape index (κ1) is 16.9. The maximum absolute atomic E-state index is 14.2. The van der Waals surface area contributed by atoms with Crippen LogP contribution in [0.15, 0.2) is 24.3 Å². The van der Waals surface area contributed by atoms with E-state index in [1.165, 1.54) is 0 Å². The zero-order valence-corrected chi connectivity index (χ0v) is 13.8. The van der Waals surface area contributed by atoms with Crippen molar-refractivity contribution in [3.63, 3.8) is 0 Å². The first-order valence-corrected chi connectivity index (χ1v) is 8.69. The Morgan fingerprint density at radius 2 is 2.21 bits per heavy atom. The van der Waals surface area contributed by atoms with Crippen molar-refractivity contribution < 1.29 is 13.9 Å². The average Bonchev–Trinajstić information content (AvgIpc) is 3.06. The van der Waals surface area contributed by atoms with Gasteiger partial charge >= 0.3 is 0 Å². The third-order valence-electron chi connectivity index (χ3n) is 5.25. The molecule has 4 nitrogen and oxygen atoms in total. The number of ether oxygens (including phenoxy) is 1. The second-order valence-electron chi connectivity index (χ2n) is 6.86. The van der Waals surface area contributed by atoms with Crippen LogP contribution in [0, 0.1) is 17.2 Å². The molecule has 0 bridgehead atoms. The van der Waals surface area contributed by atoms with E-state index in [0.29, 0.717) is 24.5 Å². The molecule has 0 aromatic heterocycles. The highest BCUT2D eigenvalue weighted by molar-refractivity contribution is 5.80. The number of halogens is 1. The molecular weight excluding hydrogens is 307 g/mol. The van der Waals surface area contributed by atoms with Crippen LogP contribution in [0.5, 0.6) is 0 Å². The van der Waals surface area contributed by atoms with Gasteiger partial charge in [0.05, 0.1) is 24.8 Å². The number of carbonyl (C=O) groups is 1. The summed E-state index contributed by atoms with van der Waals surface area (Å²) in [7, 11) is 0. The summed E-state index contributed by atoms with van der Waals surface area (Å²) in [6, 6.07) is 9.30. The van der Waals surface area contributed by atoms with Gasteiger partial charge in [0.1, 0.15) is 5.60 Å². The molecule has 1 amide bonds. The van der Waals surface area contributed by atoms with Crippen LogP contribution < -0.4 is 5.32 Å². The van der Waals surface area contributed by atoms with Crippen LogP contribution in [-0.2, 0) is 15.1 Å². The molecule has 3 rings (SSSR count). The van der Waals surface area contributed by atoms with Crippen LogP contribution in [0.4, 0.5) is 4.39 Å². The third-order valence-corrected chi connectivity index (χ3v) is 5.25. The smallest absolute Gasteiger partial charge is 0.254 e. The summed E-state index contributed by atoms with van der Waals surface area (Å²) in [4.78, 5) is 12.1. The van der Waals surface area contributed by atoms with Crippen molar-refractivity contribution in [3.8, 4) is 6.07 Å². The standard InChI is InChI=1S/C19H23FN2O2/c20-17(11-14-4-1-2-5-14)18(23)22-13-19(8-9-24-19)16-7-3-6-15(10-16)12-21/h3,6-7,10,14,17H,1-2,4-5,8-9,11,13H2,(H,22,23)/t17?,19-/m1/s1. The summed E-state index contributed by atoms with van der Waals surface area (Å²) in [6.07, 6.45) is 3.97. The first-order chi connectivity index (χ1) is 11.6. The number of nitrogens with zero attached hydrogens (tertiary/aromatic N) is 1. The van der Waals surface area contributed by atoms with Gasteiger partial charge in [0.25, 0.3) is 5.91 Å². The van der Waals surface area contributed by atoms with E-state index in [1.54, 1.807) is 18.2 Å². The van der Waals surface area contributed by atoms with Gasteiger partial charge in [-0.1, -0.05) is 37.8 Å². The third kappa shape index (κ3) is 3.59. The quantitative estimate of drug-likeness (QED) is 0.871. The van der Waals surface area contributed by atoms with Gasteiger partial charge in [-0.05, 0) is 30.0 Å². The second-order valence-corrected chi connectivity index (χ2v) is 6.86. The van der Waals surface area contributed by atoms with Crippen LogP contribution in [0.1, 0.15) is 49.7 Å². The van der Waals surface area contributed by atoms with Crippen LogP contribution >= 0.6 is 0 Å². The van der Waals surface area contributed by atoms with Gasteiger partial charge in [-0.3, -0.25) is 4.79 Å². The predicted molar refractivity (Wildman–Crippen MR) is 87.9 cm³/mol. The minimum atomic E-state index is -1.45. The Bertz CT molecular complexity index is 630. The zero-order chi connectivity index (χ0) is 17.0. The summed E-state index contributed by atoms with van der Waals surface area (Å²) in [5.74, 6) is -0.208. The van der Waals surface area contributed by atoms with Crippen molar-refractivity contribution >= 4 is 5.91 Å². The van der Waals surface area contributed by atoms with Crippen molar-refractivity contribution in [1.82, 2.24) is 5.32 Å². The van der Waals surface area contributed by atoms with Crippen molar-refractivity contribution in [2.24, 2.45) is 5.92 Å². The molecule has 5 heteroatoms.